The summed E-state index contributed by atoms with van der Waals surface area (Å²) in [4.78, 5) is 47.0. The van der Waals surface area contributed by atoms with Crippen molar-refractivity contribution < 1.29 is 19.1 Å². The highest BCUT2D eigenvalue weighted by Crippen LogP contribution is 2.27. The van der Waals surface area contributed by atoms with E-state index in [9.17, 15) is 14.4 Å². The molecule has 0 unspecified atom stereocenters. The maximum absolute atomic E-state index is 13.1. The number of carbonyl (C=O) groups excluding carboxylic acids is 3. The van der Waals surface area contributed by atoms with Crippen LogP contribution < -0.4 is 21.3 Å². The van der Waals surface area contributed by atoms with Gasteiger partial charge in [-0.2, -0.15) is 0 Å². The van der Waals surface area contributed by atoms with E-state index in [0.29, 0.717) is 44.9 Å². The number of para-hydroxylation sites is 2. The molecule has 4 N–H and O–H groups in total. The lowest BCUT2D eigenvalue weighted by Gasteiger charge is -2.20. The van der Waals surface area contributed by atoms with E-state index in [1.807, 2.05) is 24.3 Å². The molecule has 0 atom stereocenters. The Morgan fingerprint density at radius 3 is 2.07 bits per heavy atom. The van der Waals surface area contributed by atoms with Gasteiger partial charge < -0.3 is 20.7 Å². The van der Waals surface area contributed by atoms with E-state index in [4.69, 9.17) is 11.2 Å². The quantitative estimate of drug-likeness (QED) is 0.146. The summed E-state index contributed by atoms with van der Waals surface area (Å²) >= 11 is 0. The fourth-order valence-electron chi connectivity index (χ4n) is 4.34. The number of fused-ring (bicyclic) bond motifs is 1. The van der Waals surface area contributed by atoms with E-state index in [-0.39, 0.29) is 5.91 Å². The monoisotopic (exact) mass is 598 g/mol. The molecule has 3 amide bonds. The summed E-state index contributed by atoms with van der Waals surface area (Å²) in [7, 11) is 0. The van der Waals surface area contributed by atoms with Crippen molar-refractivity contribution in [2.45, 2.75) is 26.4 Å². The van der Waals surface area contributed by atoms with Gasteiger partial charge in [0.2, 0.25) is 0 Å². The number of carbonyl (C=O) groups is 3. The van der Waals surface area contributed by atoms with E-state index >= 15 is 0 Å². The van der Waals surface area contributed by atoms with Gasteiger partial charge in [0.05, 0.1) is 16.9 Å². The van der Waals surface area contributed by atoms with E-state index in [1.165, 1.54) is 6.33 Å². The number of anilines is 5. The molecule has 45 heavy (non-hydrogen) atoms. The molecule has 0 aliphatic carbocycles. The topological polar surface area (TPSA) is 134 Å². The van der Waals surface area contributed by atoms with Crippen molar-refractivity contribution in [1.82, 2.24) is 9.97 Å². The third-order valence-electron chi connectivity index (χ3n) is 6.41. The lowest BCUT2D eigenvalue weighted by Crippen LogP contribution is -2.27. The molecular weight excluding hydrogens is 568 g/mol. The Kier molecular flexibility index (Phi) is 8.72. The number of aromatic nitrogens is 2. The summed E-state index contributed by atoms with van der Waals surface area (Å²) in [6.45, 7) is 5.29. The predicted octanol–water partition coefficient (Wildman–Crippen LogP) is 7.21. The summed E-state index contributed by atoms with van der Waals surface area (Å²) < 4.78 is 5.31. The zero-order chi connectivity index (χ0) is 32.0. The third-order valence-corrected chi connectivity index (χ3v) is 6.41. The molecule has 0 saturated heterocycles. The van der Waals surface area contributed by atoms with E-state index < -0.39 is 17.6 Å². The lowest BCUT2D eigenvalue weighted by atomic mass is 10.1. The second kappa shape index (κ2) is 13.0. The van der Waals surface area contributed by atoms with E-state index in [0.717, 1.165) is 11.3 Å². The molecule has 0 aliphatic heterocycles. The van der Waals surface area contributed by atoms with Crippen LogP contribution in [0.4, 0.5) is 33.4 Å². The highest BCUT2D eigenvalue weighted by Gasteiger charge is 2.18. The van der Waals surface area contributed by atoms with Crippen LogP contribution in [0.3, 0.4) is 0 Å². The predicted molar refractivity (Wildman–Crippen MR) is 176 cm³/mol. The van der Waals surface area contributed by atoms with Crippen LogP contribution in [0.15, 0.2) is 97.3 Å². The molecule has 5 rings (SSSR count). The fraction of sp³-hybridized carbons (Fsp3) is 0.114. The second-order valence-corrected chi connectivity index (χ2v) is 11.0. The zero-order valence-electron chi connectivity index (χ0n) is 24.8. The number of benzene rings is 4. The second-order valence-electron chi connectivity index (χ2n) is 11.0. The molecule has 10 heteroatoms. The van der Waals surface area contributed by atoms with Crippen LogP contribution in [-0.2, 0) is 4.74 Å². The minimum atomic E-state index is -0.672. The van der Waals surface area contributed by atoms with Crippen LogP contribution in [0.25, 0.3) is 10.9 Å². The van der Waals surface area contributed by atoms with Gasteiger partial charge in [-0.05, 0) is 93.6 Å². The largest absolute Gasteiger partial charge is 0.444 e. The Balaban J connectivity index is 1.26. The smallest absolute Gasteiger partial charge is 0.412 e. The van der Waals surface area contributed by atoms with Crippen molar-refractivity contribution in [3.8, 4) is 12.3 Å². The van der Waals surface area contributed by atoms with Crippen molar-refractivity contribution in [1.29, 1.82) is 0 Å². The molecule has 0 spiro atoms. The first-order valence-corrected chi connectivity index (χ1v) is 14.0. The van der Waals surface area contributed by atoms with Crippen molar-refractivity contribution in [3.63, 3.8) is 0 Å². The minimum absolute atomic E-state index is 0.325. The average Bonchev–Trinajstić information content (AvgIpc) is 3.01. The van der Waals surface area contributed by atoms with Gasteiger partial charge in [-0.3, -0.25) is 14.9 Å². The number of hydrogen-bond donors (Lipinski definition) is 4. The van der Waals surface area contributed by atoms with Crippen molar-refractivity contribution in [2.24, 2.45) is 0 Å². The lowest BCUT2D eigenvalue weighted by molar-refractivity contribution is 0.0635. The summed E-state index contributed by atoms with van der Waals surface area (Å²) in [6, 6.07) is 25.7. The molecule has 1 heterocycles. The van der Waals surface area contributed by atoms with Gasteiger partial charge in [-0.25, -0.2) is 14.8 Å². The van der Waals surface area contributed by atoms with Crippen LogP contribution >= 0.6 is 0 Å². The normalized spacial score (nSPS) is 10.8. The van der Waals surface area contributed by atoms with Crippen molar-refractivity contribution >= 4 is 57.4 Å². The van der Waals surface area contributed by atoms with Crippen LogP contribution in [0.2, 0.25) is 0 Å². The summed E-state index contributed by atoms with van der Waals surface area (Å²) in [5, 5.41) is 12.3. The minimum Gasteiger partial charge on any atom is -0.444 e. The Bertz CT molecular complexity index is 1940. The number of rotatable bonds is 7. The van der Waals surface area contributed by atoms with Crippen molar-refractivity contribution in [3.05, 3.63) is 114 Å². The summed E-state index contributed by atoms with van der Waals surface area (Å²) in [5.41, 5.74) is 3.52. The van der Waals surface area contributed by atoms with Crippen LogP contribution in [0, 0.1) is 12.3 Å². The molecule has 0 saturated carbocycles. The van der Waals surface area contributed by atoms with Crippen LogP contribution in [-0.4, -0.2) is 33.5 Å². The van der Waals surface area contributed by atoms with Gasteiger partial charge in [-0.1, -0.05) is 24.1 Å². The molecule has 4 aromatic carbocycles. The van der Waals surface area contributed by atoms with Gasteiger partial charge >= 0.3 is 6.09 Å². The highest BCUT2D eigenvalue weighted by molar-refractivity contribution is 6.09. The van der Waals surface area contributed by atoms with Gasteiger partial charge in [0.1, 0.15) is 17.7 Å². The van der Waals surface area contributed by atoms with Gasteiger partial charge in [-0.15, -0.1) is 6.42 Å². The van der Waals surface area contributed by atoms with E-state index in [2.05, 4.69) is 37.2 Å². The maximum atomic E-state index is 13.1. The Morgan fingerprint density at radius 2 is 1.40 bits per heavy atom. The SMILES string of the molecule is C#Cc1cccc(Nc2ncnc3ccc(NC(=O)c4ccc(C(=O)Nc5ccccc5NC(=O)OC(C)(C)C)cc4)cc23)c1. The number of amides is 3. The standard InChI is InChI=1S/C35H30N6O4/c1-5-22-9-8-10-25(19-22)38-31-27-20-26(17-18-28(27)36-21-37-31)39-32(42)23-13-15-24(16-14-23)33(43)40-29-11-6-7-12-30(29)41-34(44)45-35(2,3)4/h1,6-21H,2-4H3,(H,39,42)(H,40,43)(H,41,44)(H,36,37,38). The first-order chi connectivity index (χ1) is 21.6. The van der Waals surface area contributed by atoms with Gasteiger partial charge in [0, 0.05) is 33.5 Å². The Labute approximate surface area is 260 Å². The molecule has 0 fully saturated rings. The first-order valence-electron chi connectivity index (χ1n) is 14.0. The Hall–Kier alpha value is -6.21. The number of nitrogens with one attached hydrogen (secondary N) is 4. The van der Waals surface area contributed by atoms with Crippen molar-refractivity contribution in [2.75, 3.05) is 21.3 Å². The third kappa shape index (κ3) is 7.80. The molecule has 0 bridgehead atoms. The average molecular weight is 599 g/mol. The first kappa shape index (κ1) is 30.3. The van der Waals surface area contributed by atoms with Crippen LogP contribution in [0.1, 0.15) is 47.1 Å². The number of nitrogens with zero attached hydrogens (tertiary/aromatic N) is 2. The van der Waals surface area contributed by atoms with Gasteiger partial charge in [0.15, 0.2) is 0 Å². The molecule has 0 radical (unpaired) electrons. The molecule has 0 aliphatic rings. The molecule has 5 aromatic rings. The maximum Gasteiger partial charge on any atom is 0.412 e. The van der Waals surface area contributed by atoms with Crippen LogP contribution in [0.5, 0.6) is 0 Å². The highest BCUT2D eigenvalue weighted by atomic mass is 16.6. The number of terminal acetylenes is 1. The molecular formula is C35H30N6O4. The summed E-state index contributed by atoms with van der Waals surface area (Å²) in [5.74, 6) is 2.40. The molecule has 10 nitrogen and oxygen atoms in total. The number of ether oxygens (including phenoxy) is 1. The summed E-state index contributed by atoms with van der Waals surface area (Å²) in [6.07, 6.45) is 6.35. The molecule has 1 aromatic heterocycles. The number of hydrogen-bond acceptors (Lipinski definition) is 7. The van der Waals surface area contributed by atoms with Gasteiger partial charge in [0.25, 0.3) is 11.8 Å². The zero-order valence-corrected chi connectivity index (χ0v) is 24.8. The fourth-order valence-corrected chi connectivity index (χ4v) is 4.34. The van der Waals surface area contributed by atoms with E-state index in [1.54, 1.807) is 87.5 Å². The Morgan fingerprint density at radius 1 is 0.733 bits per heavy atom. The molecule has 224 valence electrons.